The van der Waals surface area contributed by atoms with Gasteiger partial charge in [0.15, 0.2) is 0 Å². The van der Waals surface area contributed by atoms with Crippen LogP contribution in [-0.2, 0) is 4.74 Å². The third kappa shape index (κ3) is 3.89. The van der Waals surface area contributed by atoms with Gasteiger partial charge in [-0.05, 0) is 37.5 Å². The minimum absolute atomic E-state index is 0.508. The molecule has 104 valence electrons. The minimum atomic E-state index is 0.508. The molecule has 2 heteroatoms. The predicted molar refractivity (Wildman–Crippen MR) is 84.5 cm³/mol. The second kappa shape index (κ2) is 6.29. The molecule has 2 aliphatic rings. The zero-order valence-electron chi connectivity index (χ0n) is 12.1. The van der Waals surface area contributed by atoms with Crippen molar-refractivity contribution in [3.8, 4) is 0 Å². The van der Waals surface area contributed by atoms with Gasteiger partial charge in [0.05, 0.1) is 0 Å². The molecule has 20 heavy (non-hydrogen) atoms. The van der Waals surface area contributed by atoms with Crippen LogP contribution in [0.3, 0.4) is 0 Å². The van der Waals surface area contributed by atoms with Crippen molar-refractivity contribution in [1.29, 1.82) is 0 Å². The minimum Gasteiger partial charge on any atom is -0.459 e. The lowest BCUT2D eigenvalue weighted by atomic mass is 10.1. The molecule has 2 nitrogen and oxygen atoms in total. The normalized spacial score (nSPS) is 34.3. The number of hydrogen-bond donors (Lipinski definition) is 1. The van der Waals surface area contributed by atoms with E-state index in [1.165, 1.54) is 0 Å². The van der Waals surface area contributed by atoms with Gasteiger partial charge in [-0.2, -0.15) is 0 Å². The molecule has 0 aromatic rings. The maximum Gasteiger partial charge on any atom is 0.121 e. The third-order valence-corrected chi connectivity index (χ3v) is 3.11. The summed E-state index contributed by atoms with van der Waals surface area (Å²) in [4.78, 5) is 0. The first-order valence-electron chi connectivity index (χ1n) is 6.82. The van der Waals surface area contributed by atoms with Crippen molar-refractivity contribution in [2.75, 3.05) is 0 Å². The Kier molecular flexibility index (Phi) is 4.46. The van der Waals surface area contributed by atoms with Gasteiger partial charge in [0.1, 0.15) is 11.5 Å². The van der Waals surface area contributed by atoms with Crippen LogP contribution in [0.15, 0.2) is 84.2 Å². The van der Waals surface area contributed by atoms with E-state index in [1.54, 1.807) is 0 Å². The van der Waals surface area contributed by atoms with Gasteiger partial charge < -0.3 is 10.1 Å². The van der Waals surface area contributed by atoms with E-state index in [0.29, 0.717) is 17.4 Å². The van der Waals surface area contributed by atoms with Gasteiger partial charge in [-0.3, -0.25) is 0 Å². The van der Waals surface area contributed by atoms with Crippen LogP contribution in [0.1, 0.15) is 20.3 Å². The Balaban J connectivity index is 2.47. The molecular formula is C18H21NO. The van der Waals surface area contributed by atoms with E-state index in [1.807, 2.05) is 19.1 Å². The molecule has 0 bridgehead atoms. The van der Waals surface area contributed by atoms with E-state index in [4.69, 9.17) is 4.74 Å². The Morgan fingerprint density at radius 1 is 1.25 bits per heavy atom. The molecule has 1 heterocycles. The Hall–Kier alpha value is -2.22. The first kappa shape index (κ1) is 14.2. The zero-order chi connectivity index (χ0) is 14.5. The van der Waals surface area contributed by atoms with Gasteiger partial charge >= 0.3 is 0 Å². The summed E-state index contributed by atoms with van der Waals surface area (Å²) in [5, 5.41) is 3.39. The summed E-state index contributed by atoms with van der Waals surface area (Å²) in [6.07, 6.45) is 15.5. The van der Waals surface area contributed by atoms with Crippen LogP contribution in [0.25, 0.3) is 0 Å². The van der Waals surface area contributed by atoms with Crippen molar-refractivity contribution < 1.29 is 4.74 Å². The SMILES string of the molecule is C=C1/C=C(\C)N/C2=C/C=C/CC(C)/C=C\C2=C/C(=C)O1. The highest BCUT2D eigenvalue weighted by atomic mass is 16.5. The number of allylic oxidation sites excluding steroid dienone is 8. The van der Waals surface area contributed by atoms with Crippen LogP contribution in [0.2, 0.25) is 0 Å². The molecule has 1 unspecified atom stereocenters. The van der Waals surface area contributed by atoms with E-state index in [9.17, 15) is 0 Å². The average Bonchev–Trinajstić information content (AvgIpc) is 2.46. The summed E-state index contributed by atoms with van der Waals surface area (Å²) in [6.45, 7) is 12.0. The van der Waals surface area contributed by atoms with Crippen molar-refractivity contribution >= 4 is 0 Å². The Morgan fingerprint density at radius 2 is 2.00 bits per heavy atom. The molecule has 1 atom stereocenters. The molecule has 0 aromatic carbocycles. The first-order valence-corrected chi connectivity index (χ1v) is 6.82. The lowest BCUT2D eigenvalue weighted by Crippen LogP contribution is -2.11. The van der Waals surface area contributed by atoms with Crippen molar-refractivity contribution in [3.05, 3.63) is 84.2 Å². The van der Waals surface area contributed by atoms with Gasteiger partial charge in [0, 0.05) is 17.0 Å². The maximum absolute atomic E-state index is 5.56. The van der Waals surface area contributed by atoms with Crippen molar-refractivity contribution in [3.63, 3.8) is 0 Å². The van der Waals surface area contributed by atoms with Gasteiger partial charge in [-0.1, -0.05) is 44.4 Å². The van der Waals surface area contributed by atoms with Crippen molar-refractivity contribution in [2.24, 2.45) is 5.92 Å². The van der Waals surface area contributed by atoms with Gasteiger partial charge in [-0.15, -0.1) is 0 Å². The summed E-state index contributed by atoms with van der Waals surface area (Å²) in [7, 11) is 0. The van der Waals surface area contributed by atoms with E-state index >= 15 is 0 Å². The molecular weight excluding hydrogens is 246 g/mol. The molecule has 1 aliphatic heterocycles. The highest BCUT2D eigenvalue weighted by Crippen LogP contribution is 2.21. The fraction of sp³-hybridized carbons (Fsp3) is 0.222. The number of rotatable bonds is 0. The Morgan fingerprint density at radius 3 is 2.80 bits per heavy atom. The number of nitrogens with one attached hydrogen (secondary N) is 1. The standard InChI is InChI=1S/C18H21NO/c1-13-7-5-6-8-18-17(10-9-13)12-16(4)20-15(3)11-14(2)19-18/h5-6,8-13,19H,3-4,7H2,1-2H3/b6-5+,10-9-,14-11+,17-12+,18-8+. The number of fused-ring (bicyclic) bond motifs is 1. The maximum atomic E-state index is 5.56. The quantitative estimate of drug-likeness (QED) is 0.697. The predicted octanol–water partition coefficient (Wildman–Crippen LogP) is 4.50. The molecule has 0 aromatic heterocycles. The molecule has 1 aliphatic carbocycles. The Labute approximate surface area is 121 Å². The van der Waals surface area contributed by atoms with Crippen LogP contribution in [-0.4, -0.2) is 0 Å². The smallest absolute Gasteiger partial charge is 0.121 e. The lowest BCUT2D eigenvalue weighted by molar-refractivity contribution is 0.339. The zero-order valence-corrected chi connectivity index (χ0v) is 12.1. The summed E-state index contributed by atoms with van der Waals surface area (Å²) in [5.74, 6) is 1.68. The second-order valence-electron chi connectivity index (χ2n) is 5.17. The Bertz CT molecular complexity index is 570. The van der Waals surface area contributed by atoms with Gasteiger partial charge in [0.2, 0.25) is 0 Å². The van der Waals surface area contributed by atoms with E-state index in [0.717, 1.165) is 23.4 Å². The average molecular weight is 267 g/mol. The second-order valence-corrected chi connectivity index (χ2v) is 5.17. The largest absolute Gasteiger partial charge is 0.459 e. The number of hydrogen-bond acceptors (Lipinski definition) is 2. The van der Waals surface area contributed by atoms with E-state index in [-0.39, 0.29) is 0 Å². The molecule has 1 N–H and O–H groups in total. The van der Waals surface area contributed by atoms with Crippen molar-refractivity contribution in [1.82, 2.24) is 5.32 Å². The first-order chi connectivity index (χ1) is 9.54. The van der Waals surface area contributed by atoms with Crippen LogP contribution < -0.4 is 5.32 Å². The lowest BCUT2D eigenvalue weighted by Gasteiger charge is -2.11. The van der Waals surface area contributed by atoms with Gasteiger partial charge in [-0.25, -0.2) is 0 Å². The highest BCUT2D eigenvalue weighted by Gasteiger charge is 2.09. The molecule has 2 rings (SSSR count). The molecule has 0 radical (unpaired) electrons. The molecule has 0 saturated heterocycles. The number of ether oxygens (including phenoxy) is 1. The topological polar surface area (TPSA) is 21.3 Å². The van der Waals surface area contributed by atoms with Crippen LogP contribution in [0.4, 0.5) is 0 Å². The fourth-order valence-corrected chi connectivity index (χ4v) is 2.12. The summed E-state index contributed by atoms with van der Waals surface area (Å²) >= 11 is 0. The van der Waals surface area contributed by atoms with E-state index in [2.05, 4.69) is 55.8 Å². The fourth-order valence-electron chi connectivity index (χ4n) is 2.12. The van der Waals surface area contributed by atoms with Crippen LogP contribution >= 0.6 is 0 Å². The molecule has 0 amide bonds. The molecule has 0 saturated carbocycles. The molecule has 0 spiro atoms. The van der Waals surface area contributed by atoms with Crippen molar-refractivity contribution in [2.45, 2.75) is 20.3 Å². The summed E-state index contributed by atoms with van der Waals surface area (Å²) in [6, 6.07) is 0. The van der Waals surface area contributed by atoms with Crippen LogP contribution in [0, 0.1) is 5.92 Å². The third-order valence-electron chi connectivity index (χ3n) is 3.11. The molecule has 0 fully saturated rings. The van der Waals surface area contributed by atoms with E-state index < -0.39 is 0 Å². The summed E-state index contributed by atoms with van der Waals surface area (Å²) < 4.78 is 5.56. The highest BCUT2D eigenvalue weighted by molar-refractivity contribution is 5.46. The monoisotopic (exact) mass is 267 g/mol. The van der Waals surface area contributed by atoms with Gasteiger partial charge in [0.25, 0.3) is 0 Å². The summed E-state index contributed by atoms with van der Waals surface area (Å²) in [5.41, 5.74) is 3.06. The van der Waals surface area contributed by atoms with Crippen LogP contribution in [0.5, 0.6) is 0 Å².